The summed E-state index contributed by atoms with van der Waals surface area (Å²) in [5.74, 6) is -2.35. The molecule has 11 heteroatoms. The zero-order valence-corrected chi connectivity index (χ0v) is 16.2. The van der Waals surface area contributed by atoms with Crippen molar-refractivity contribution in [1.82, 2.24) is 19.7 Å². The van der Waals surface area contributed by atoms with Gasteiger partial charge in [0.05, 0.1) is 25.1 Å². The van der Waals surface area contributed by atoms with Crippen LogP contribution in [0.1, 0.15) is 56.3 Å². The summed E-state index contributed by atoms with van der Waals surface area (Å²) in [6, 6.07) is -0.218. The minimum Gasteiger partial charge on any atom is -0.310 e. The highest BCUT2D eigenvalue weighted by molar-refractivity contribution is 7.85. The summed E-state index contributed by atoms with van der Waals surface area (Å²) in [4.78, 5) is 19.8. The number of hydrogen-bond acceptors (Lipinski definition) is 6. The van der Waals surface area contributed by atoms with Gasteiger partial charge in [0.25, 0.3) is 15.7 Å². The Hall–Kier alpha value is -1.88. The molecule has 0 aromatic carbocycles. The van der Waals surface area contributed by atoms with Crippen molar-refractivity contribution < 1.29 is 21.4 Å². The number of alkyl halides is 2. The van der Waals surface area contributed by atoms with Gasteiger partial charge in [-0.25, -0.2) is 18.4 Å². The Labute approximate surface area is 160 Å². The molecule has 4 rings (SSSR count). The Kier molecular flexibility index (Phi) is 4.77. The molecule has 2 heterocycles. The molecule has 1 N–H and O–H groups in total. The highest BCUT2D eigenvalue weighted by atomic mass is 32.2. The summed E-state index contributed by atoms with van der Waals surface area (Å²) >= 11 is 0. The second-order valence-corrected chi connectivity index (χ2v) is 9.44. The number of aromatic amines is 1. The SMILES string of the molecule is CS(=O)(=O)OCC1CCC1c1nc2c(cnn2C2CCC(F)(F)CC2)c(=O)[nH]1. The Morgan fingerprint density at radius 3 is 2.61 bits per heavy atom. The largest absolute Gasteiger partial charge is 0.310 e. The number of hydrogen-bond donors (Lipinski definition) is 1. The van der Waals surface area contributed by atoms with Gasteiger partial charge >= 0.3 is 0 Å². The summed E-state index contributed by atoms with van der Waals surface area (Å²) in [5.41, 5.74) is 0.0609. The predicted molar refractivity (Wildman–Crippen MR) is 96.9 cm³/mol. The van der Waals surface area contributed by atoms with Crippen LogP contribution in [0.3, 0.4) is 0 Å². The van der Waals surface area contributed by atoms with Crippen LogP contribution in [0, 0.1) is 5.92 Å². The Morgan fingerprint density at radius 1 is 1.29 bits per heavy atom. The molecule has 2 aromatic heterocycles. The molecule has 2 aliphatic rings. The fourth-order valence-electron chi connectivity index (χ4n) is 4.00. The summed E-state index contributed by atoms with van der Waals surface area (Å²) in [7, 11) is -3.53. The number of nitrogens with zero attached hydrogens (tertiary/aromatic N) is 3. The van der Waals surface area contributed by atoms with Crippen LogP contribution in [0.25, 0.3) is 11.0 Å². The van der Waals surface area contributed by atoms with E-state index in [4.69, 9.17) is 4.18 Å². The third kappa shape index (κ3) is 3.82. The summed E-state index contributed by atoms with van der Waals surface area (Å²) in [6.07, 6.45) is 4.10. The molecule has 0 bridgehead atoms. The molecule has 2 aliphatic carbocycles. The van der Waals surface area contributed by atoms with Gasteiger partial charge in [-0.15, -0.1) is 0 Å². The maximum atomic E-state index is 13.5. The standard InChI is InChI=1S/C17H22F2N4O4S/c1-28(25,26)27-9-10-2-3-12(10)14-21-15-13(16(24)22-14)8-20-23(15)11-4-6-17(18,19)7-5-11/h8,10-12H,2-7,9H2,1H3,(H,21,22,24). The quantitative estimate of drug-likeness (QED) is 0.750. The lowest BCUT2D eigenvalue weighted by atomic mass is 9.73. The minimum absolute atomic E-state index is 0.0439. The van der Waals surface area contributed by atoms with E-state index >= 15 is 0 Å². The first-order valence-electron chi connectivity index (χ1n) is 9.33. The average Bonchev–Trinajstić information content (AvgIpc) is 2.97. The first kappa shape index (κ1) is 19.4. The molecule has 8 nitrogen and oxygen atoms in total. The number of halogens is 2. The lowest BCUT2D eigenvalue weighted by Crippen LogP contribution is -2.32. The van der Waals surface area contributed by atoms with Crippen molar-refractivity contribution in [2.75, 3.05) is 12.9 Å². The van der Waals surface area contributed by atoms with E-state index in [2.05, 4.69) is 15.1 Å². The average molecular weight is 416 g/mol. The molecule has 0 saturated heterocycles. The van der Waals surface area contributed by atoms with E-state index < -0.39 is 16.0 Å². The molecule has 0 radical (unpaired) electrons. The molecule has 2 saturated carbocycles. The lowest BCUT2D eigenvalue weighted by Gasteiger charge is -2.35. The monoisotopic (exact) mass is 416 g/mol. The van der Waals surface area contributed by atoms with Gasteiger partial charge in [-0.2, -0.15) is 13.5 Å². The van der Waals surface area contributed by atoms with Gasteiger partial charge in [-0.1, -0.05) is 0 Å². The fraction of sp³-hybridized carbons (Fsp3) is 0.706. The second kappa shape index (κ2) is 6.87. The molecule has 2 aromatic rings. The molecule has 154 valence electrons. The van der Waals surface area contributed by atoms with E-state index in [0.717, 1.165) is 19.1 Å². The van der Waals surface area contributed by atoms with Crippen molar-refractivity contribution in [3.63, 3.8) is 0 Å². The zero-order valence-electron chi connectivity index (χ0n) is 15.4. The third-order valence-corrected chi connectivity index (χ3v) is 6.34. The lowest BCUT2D eigenvalue weighted by molar-refractivity contribution is -0.0446. The highest BCUT2D eigenvalue weighted by Crippen LogP contribution is 2.42. The molecule has 2 fully saturated rings. The van der Waals surface area contributed by atoms with Gasteiger partial charge in [0.15, 0.2) is 5.65 Å². The number of rotatable bonds is 5. The van der Waals surface area contributed by atoms with Crippen LogP contribution >= 0.6 is 0 Å². The van der Waals surface area contributed by atoms with E-state index in [1.165, 1.54) is 6.20 Å². The summed E-state index contributed by atoms with van der Waals surface area (Å²) in [6.45, 7) is 0.0439. The van der Waals surface area contributed by atoms with E-state index in [9.17, 15) is 22.0 Å². The Morgan fingerprint density at radius 2 is 2.00 bits per heavy atom. The normalized spacial score (nSPS) is 25.7. The van der Waals surface area contributed by atoms with E-state index in [1.807, 2.05) is 0 Å². The predicted octanol–water partition coefficient (Wildman–Crippen LogP) is 2.34. The van der Waals surface area contributed by atoms with Gasteiger partial charge in [-0.05, 0) is 31.6 Å². The molecular weight excluding hydrogens is 394 g/mol. The van der Waals surface area contributed by atoms with Crippen LogP contribution in [0.2, 0.25) is 0 Å². The van der Waals surface area contributed by atoms with Crippen molar-refractivity contribution in [2.24, 2.45) is 5.92 Å². The minimum atomic E-state index is -3.53. The summed E-state index contributed by atoms with van der Waals surface area (Å²) in [5, 5.41) is 4.57. The van der Waals surface area contributed by atoms with Crippen molar-refractivity contribution in [3.8, 4) is 0 Å². The van der Waals surface area contributed by atoms with Crippen LogP contribution in [0.15, 0.2) is 11.0 Å². The van der Waals surface area contributed by atoms with Crippen LogP contribution in [0.5, 0.6) is 0 Å². The van der Waals surface area contributed by atoms with Gasteiger partial charge in [0.1, 0.15) is 11.2 Å². The van der Waals surface area contributed by atoms with Gasteiger partial charge in [0, 0.05) is 18.8 Å². The van der Waals surface area contributed by atoms with Crippen molar-refractivity contribution in [2.45, 2.75) is 56.4 Å². The maximum Gasteiger partial charge on any atom is 0.264 e. The third-order valence-electron chi connectivity index (χ3n) is 5.78. The molecule has 28 heavy (non-hydrogen) atoms. The number of nitrogens with one attached hydrogen (secondary N) is 1. The second-order valence-electron chi connectivity index (χ2n) is 7.80. The molecule has 0 amide bonds. The number of aromatic nitrogens is 4. The molecule has 0 aliphatic heterocycles. The van der Waals surface area contributed by atoms with Crippen molar-refractivity contribution >= 4 is 21.2 Å². The molecule has 2 atom stereocenters. The first-order chi connectivity index (χ1) is 13.1. The topological polar surface area (TPSA) is 107 Å². The van der Waals surface area contributed by atoms with E-state index in [1.54, 1.807) is 4.68 Å². The molecule has 2 unspecified atom stereocenters. The van der Waals surface area contributed by atoms with E-state index in [-0.39, 0.29) is 55.7 Å². The van der Waals surface area contributed by atoms with Crippen LogP contribution in [0.4, 0.5) is 8.78 Å². The first-order valence-corrected chi connectivity index (χ1v) is 11.1. The Bertz CT molecular complexity index is 1040. The zero-order chi connectivity index (χ0) is 20.1. The van der Waals surface area contributed by atoms with Crippen molar-refractivity contribution in [1.29, 1.82) is 0 Å². The number of H-pyrrole nitrogens is 1. The molecule has 0 spiro atoms. The maximum absolute atomic E-state index is 13.5. The fourth-order valence-corrected chi connectivity index (χ4v) is 4.43. The number of fused-ring (bicyclic) bond motifs is 1. The van der Waals surface area contributed by atoms with Crippen LogP contribution < -0.4 is 5.56 Å². The highest BCUT2D eigenvalue weighted by Gasteiger charge is 2.38. The van der Waals surface area contributed by atoms with Gasteiger partial charge in [-0.3, -0.25) is 8.98 Å². The molecular formula is C17H22F2N4O4S. The van der Waals surface area contributed by atoms with Crippen LogP contribution in [-0.2, 0) is 14.3 Å². The van der Waals surface area contributed by atoms with Crippen molar-refractivity contribution in [3.05, 3.63) is 22.4 Å². The Balaban J connectivity index is 1.60. The van der Waals surface area contributed by atoms with E-state index in [0.29, 0.717) is 16.9 Å². The van der Waals surface area contributed by atoms with Gasteiger partial charge < -0.3 is 4.98 Å². The van der Waals surface area contributed by atoms with Gasteiger partial charge in [0.2, 0.25) is 5.92 Å². The summed E-state index contributed by atoms with van der Waals surface area (Å²) < 4.78 is 55.8. The van der Waals surface area contributed by atoms with Crippen LogP contribution in [-0.4, -0.2) is 47.0 Å². The smallest absolute Gasteiger partial charge is 0.264 e.